The predicted octanol–water partition coefficient (Wildman–Crippen LogP) is 2.21. The van der Waals surface area contributed by atoms with Gasteiger partial charge >= 0.3 is 19.5 Å². The molecule has 0 unspecified atom stereocenters. The van der Waals surface area contributed by atoms with Gasteiger partial charge in [-0.25, -0.2) is 0 Å². The van der Waals surface area contributed by atoms with E-state index in [4.69, 9.17) is 5.41 Å². The maximum absolute atomic E-state index is 6.66. The monoisotopic (exact) mass is 201 g/mol. The molecule has 0 saturated carbocycles. The van der Waals surface area contributed by atoms with Crippen LogP contribution in [0.3, 0.4) is 0 Å². The molecular weight excluding hydrogens is 187 g/mol. The molecule has 1 N–H and O–H groups in total. The standard InChI is InChI=1S/C6H13N.Ru/c1-2-3-4-5-6-7;/h6-7H,2-5H2,1H3;/q;+3. The van der Waals surface area contributed by atoms with E-state index in [2.05, 4.69) is 6.92 Å². The maximum atomic E-state index is 6.66. The van der Waals surface area contributed by atoms with Crippen LogP contribution in [0.4, 0.5) is 0 Å². The first-order chi connectivity index (χ1) is 3.41. The summed E-state index contributed by atoms with van der Waals surface area (Å²) in [7, 11) is 0. The van der Waals surface area contributed by atoms with Gasteiger partial charge < -0.3 is 5.41 Å². The van der Waals surface area contributed by atoms with E-state index in [1.165, 1.54) is 25.5 Å². The van der Waals surface area contributed by atoms with Crippen LogP contribution in [0, 0.1) is 5.41 Å². The van der Waals surface area contributed by atoms with Crippen molar-refractivity contribution in [2.75, 3.05) is 0 Å². The fourth-order valence-corrected chi connectivity index (χ4v) is 0.496. The molecule has 0 aromatic carbocycles. The van der Waals surface area contributed by atoms with Crippen LogP contribution in [0.5, 0.6) is 0 Å². The topological polar surface area (TPSA) is 23.9 Å². The molecule has 0 aliphatic heterocycles. The van der Waals surface area contributed by atoms with Crippen molar-refractivity contribution in [3.63, 3.8) is 0 Å². The molecule has 0 spiro atoms. The molecular formula is C6H13NRu+3. The summed E-state index contributed by atoms with van der Waals surface area (Å²) >= 11 is 0. The molecule has 0 heterocycles. The second-order valence-corrected chi connectivity index (χ2v) is 1.70. The average Bonchev–Trinajstić information content (AvgIpc) is 1.69. The molecule has 0 rings (SSSR count). The summed E-state index contributed by atoms with van der Waals surface area (Å²) in [6.07, 6.45) is 6.17. The molecule has 0 aliphatic carbocycles. The summed E-state index contributed by atoms with van der Waals surface area (Å²) in [5.74, 6) is 0. The van der Waals surface area contributed by atoms with E-state index in [-0.39, 0.29) is 19.5 Å². The summed E-state index contributed by atoms with van der Waals surface area (Å²) in [4.78, 5) is 0. The van der Waals surface area contributed by atoms with E-state index in [9.17, 15) is 0 Å². The third-order valence-electron chi connectivity index (χ3n) is 0.952. The number of hydrogen-bond acceptors (Lipinski definition) is 1. The zero-order valence-electron chi connectivity index (χ0n) is 5.26. The van der Waals surface area contributed by atoms with Gasteiger partial charge in [0.25, 0.3) is 0 Å². The first kappa shape index (κ1) is 11.1. The molecule has 47 valence electrons. The first-order valence-electron chi connectivity index (χ1n) is 2.90. The van der Waals surface area contributed by atoms with Crippen molar-refractivity contribution >= 4 is 6.21 Å². The maximum Gasteiger partial charge on any atom is 3.00 e. The molecule has 2 heteroatoms. The molecule has 0 bridgehead atoms. The minimum absolute atomic E-state index is 0. The van der Waals surface area contributed by atoms with Crippen LogP contribution in [0.2, 0.25) is 0 Å². The van der Waals surface area contributed by atoms with Crippen molar-refractivity contribution in [2.24, 2.45) is 0 Å². The Bertz CT molecular complexity index is 45.8. The number of rotatable bonds is 4. The Morgan fingerprint density at radius 1 is 1.38 bits per heavy atom. The van der Waals surface area contributed by atoms with E-state index in [0.29, 0.717) is 0 Å². The normalized spacial score (nSPS) is 7.62. The molecule has 0 aromatic rings. The van der Waals surface area contributed by atoms with Gasteiger partial charge in [0.1, 0.15) is 0 Å². The zero-order valence-corrected chi connectivity index (χ0v) is 7.00. The molecule has 0 fully saturated rings. The molecule has 0 atom stereocenters. The zero-order chi connectivity index (χ0) is 5.54. The van der Waals surface area contributed by atoms with Crippen LogP contribution in [-0.4, -0.2) is 6.21 Å². The fourth-order valence-electron chi connectivity index (χ4n) is 0.496. The average molecular weight is 200 g/mol. The van der Waals surface area contributed by atoms with Gasteiger partial charge in [0.2, 0.25) is 0 Å². The molecule has 1 radical (unpaired) electrons. The first-order valence-corrected chi connectivity index (χ1v) is 2.90. The number of hydrogen-bond donors (Lipinski definition) is 1. The quantitative estimate of drug-likeness (QED) is 0.409. The van der Waals surface area contributed by atoms with Crippen molar-refractivity contribution < 1.29 is 19.5 Å². The molecule has 1 nitrogen and oxygen atoms in total. The largest absolute Gasteiger partial charge is 3.00 e. The second-order valence-electron chi connectivity index (χ2n) is 1.70. The third-order valence-corrected chi connectivity index (χ3v) is 0.952. The van der Waals surface area contributed by atoms with Gasteiger partial charge in [-0.15, -0.1) is 0 Å². The van der Waals surface area contributed by atoms with Crippen LogP contribution in [0.15, 0.2) is 0 Å². The van der Waals surface area contributed by atoms with Crippen LogP contribution in [-0.2, 0) is 19.5 Å². The van der Waals surface area contributed by atoms with Crippen LogP contribution < -0.4 is 0 Å². The van der Waals surface area contributed by atoms with Crippen molar-refractivity contribution in [3.05, 3.63) is 0 Å². The Morgan fingerprint density at radius 3 is 2.38 bits per heavy atom. The molecule has 8 heavy (non-hydrogen) atoms. The van der Waals surface area contributed by atoms with E-state index in [1.54, 1.807) is 0 Å². The van der Waals surface area contributed by atoms with Gasteiger partial charge in [-0.1, -0.05) is 19.8 Å². The summed E-state index contributed by atoms with van der Waals surface area (Å²) in [6.45, 7) is 2.17. The predicted molar refractivity (Wildman–Crippen MR) is 32.9 cm³/mol. The van der Waals surface area contributed by atoms with Crippen LogP contribution in [0.25, 0.3) is 0 Å². The summed E-state index contributed by atoms with van der Waals surface area (Å²) in [5, 5.41) is 6.66. The Hall–Kier alpha value is 0.293. The van der Waals surface area contributed by atoms with E-state index in [0.717, 1.165) is 6.42 Å². The van der Waals surface area contributed by atoms with Gasteiger partial charge in [0, 0.05) is 0 Å². The van der Waals surface area contributed by atoms with Gasteiger partial charge in [-0.05, 0) is 19.1 Å². The van der Waals surface area contributed by atoms with Gasteiger partial charge in [0.15, 0.2) is 0 Å². The van der Waals surface area contributed by atoms with Crippen LogP contribution >= 0.6 is 0 Å². The van der Waals surface area contributed by atoms with E-state index in [1.807, 2.05) is 0 Å². The minimum Gasteiger partial charge on any atom is -0.313 e. The van der Waals surface area contributed by atoms with Crippen LogP contribution in [0.1, 0.15) is 32.6 Å². The Labute approximate surface area is 64.1 Å². The minimum atomic E-state index is 0. The molecule has 0 aromatic heterocycles. The van der Waals surface area contributed by atoms with E-state index < -0.39 is 0 Å². The third kappa shape index (κ3) is 9.57. The van der Waals surface area contributed by atoms with Crippen molar-refractivity contribution in [2.45, 2.75) is 32.6 Å². The summed E-state index contributed by atoms with van der Waals surface area (Å²) in [5.41, 5.74) is 0. The van der Waals surface area contributed by atoms with E-state index >= 15 is 0 Å². The van der Waals surface area contributed by atoms with Crippen molar-refractivity contribution in [1.29, 1.82) is 5.41 Å². The molecule has 0 aliphatic rings. The number of unbranched alkanes of at least 4 members (excludes halogenated alkanes) is 3. The number of nitrogens with one attached hydrogen (secondary N) is 1. The van der Waals surface area contributed by atoms with Crippen molar-refractivity contribution in [3.8, 4) is 0 Å². The Balaban J connectivity index is 0. The summed E-state index contributed by atoms with van der Waals surface area (Å²) in [6, 6.07) is 0. The Kier molecular flexibility index (Phi) is 14.4. The van der Waals surface area contributed by atoms with Gasteiger partial charge in [-0.3, -0.25) is 0 Å². The molecule has 0 amide bonds. The summed E-state index contributed by atoms with van der Waals surface area (Å²) < 4.78 is 0. The smallest absolute Gasteiger partial charge is 0.313 e. The van der Waals surface area contributed by atoms with Gasteiger partial charge in [-0.2, -0.15) is 0 Å². The molecule has 0 saturated heterocycles. The van der Waals surface area contributed by atoms with Crippen molar-refractivity contribution in [1.82, 2.24) is 0 Å². The SMILES string of the molecule is CCCCCC=N.[Ru+3]. The Morgan fingerprint density at radius 2 is 2.00 bits per heavy atom. The second kappa shape index (κ2) is 10.3. The fraction of sp³-hybridized carbons (Fsp3) is 0.833. The van der Waals surface area contributed by atoms with Gasteiger partial charge in [0.05, 0.1) is 0 Å².